The van der Waals surface area contributed by atoms with Crippen LogP contribution in [0.3, 0.4) is 0 Å². The average molecular weight is 317 g/mol. The molecule has 0 spiro atoms. The van der Waals surface area contributed by atoms with Crippen molar-refractivity contribution in [3.8, 4) is 0 Å². The summed E-state index contributed by atoms with van der Waals surface area (Å²) in [5, 5.41) is 9.00. The van der Waals surface area contributed by atoms with Crippen molar-refractivity contribution in [1.29, 1.82) is 0 Å². The van der Waals surface area contributed by atoms with E-state index in [4.69, 9.17) is 5.11 Å². The molecule has 0 aromatic carbocycles. The molecule has 1 N–H and O–H groups in total. The minimum absolute atomic E-state index is 0.00702. The normalized spacial score (nSPS) is 20.7. The van der Waals surface area contributed by atoms with Crippen LogP contribution in [0.15, 0.2) is 11.0 Å². The van der Waals surface area contributed by atoms with Gasteiger partial charge in [0.25, 0.3) is 0 Å². The van der Waals surface area contributed by atoms with Crippen molar-refractivity contribution in [2.45, 2.75) is 44.6 Å². The van der Waals surface area contributed by atoms with E-state index < -0.39 is 16.0 Å². The number of nitrogens with zero attached hydrogens (tertiary/aromatic N) is 1. The van der Waals surface area contributed by atoms with Gasteiger partial charge in [0.05, 0.1) is 4.90 Å². The number of carboxylic acids is 1. The molecule has 0 bridgehead atoms. The third-order valence-electron chi connectivity index (χ3n) is 3.69. The van der Waals surface area contributed by atoms with Crippen LogP contribution < -0.4 is 0 Å². The molecule has 1 saturated heterocycles. The fourth-order valence-electron chi connectivity index (χ4n) is 2.68. The highest BCUT2D eigenvalue weighted by Gasteiger charge is 2.38. The van der Waals surface area contributed by atoms with Gasteiger partial charge in [-0.15, -0.1) is 11.3 Å². The van der Waals surface area contributed by atoms with Crippen molar-refractivity contribution in [3.63, 3.8) is 0 Å². The molecule has 112 valence electrons. The fourth-order valence-corrected chi connectivity index (χ4v) is 5.91. The summed E-state index contributed by atoms with van der Waals surface area (Å²) in [7, 11) is -3.60. The first-order valence-corrected chi connectivity index (χ1v) is 8.86. The number of hydrogen-bond acceptors (Lipinski definition) is 4. The second-order valence-corrected chi connectivity index (χ2v) is 8.52. The van der Waals surface area contributed by atoms with Gasteiger partial charge in [0.15, 0.2) is 0 Å². The van der Waals surface area contributed by atoms with E-state index in [1.54, 1.807) is 11.2 Å². The minimum atomic E-state index is -3.60. The van der Waals surface area contributed by atoms with Crippen molar-refractivity contribution >= 4 is 27.3 Å². The Morgan fingerprint density at radius 2 is 2.15 bits per heavy atom. The van der Waals surface area contributed by atoms with Crippen LogP contribution in [0.5, 0.6) is 0 Å². The summed E-state index contributed by atoms with van der Waals surface area (Å²) in [5.74, 6) is -0.827. The van der Waals surface area contributed by atoms with Gasteiger partial charge in [0.2, 0.25) is 10.0 Å². The maximum atomic E-state index is 12.7. The summed E-state index contributed by atoms with van der Waals surface area (Å²) in [4.78, 5) is 11.7. The molecule has 0 amide bonds. The second-order valence-electron chi connectivity index (χ2n) is 5.41. The van der Waals surface area contributed by atoms with E-state index in [0.717, 1.165) is 24.2 Å². The summed E-state index contributed by atoms with van der Waals surface area (Å²) in [5.41, 5.74) is 0. The predicted molar refractivity (Wildman–Crippen MR) is 77.8 cm³/mol. The van der Waals surface area contributed by atoms with Gasteiger partial charge in [0.1, 0.15) is 4.88 Å². The Morgan fingerprint density at radius 3 is 2.65 bits per heavy atom. The second kappa shape index (κ2) is 5.46. The van der Waals surface area contributed by atoms with E-state index in [0.29, 0.717) is 11.4 Å². The highest BCUT2D eigenvalue weighted by molar-refractivity contribution is 7.89. The van der Waals surface area contributed by atoms with Crippen molar-refractivity contribution in [2.75, 3.05) is 6.54 Å². The van der Waals surface area contributed by atoms with Crippen LogP contribution in [-0.4, -0.2) is 36.4 Å². The molecule has 1 aromatic rings. The van der Waals surface area contributed by atoms with Crippen LogP contribution in [0.1, 0.15) is 41.2 Å². The maximum Gasteiger partial charge on any atom is 0.345 e. The van der Waals surface area contributed by atoms with Gasteiger partial charge < -0.3 is 5.11 Å². The SMILES string of the molecule is Cc1sc(C(=O)O)cc1S(=O)(=O)N1CCCC1C(C)C. The van der Waals surface area contributed by atoms with E-state index in [1.807, 2.05) is 13.8 Å². The van der Waals surface area contributed by atoms with Crippen LogP contribution in [-0.2, 0) is 10.0 Å². The first kappa shape index (κ1) is 15.5. The zero-order chi connectivity index (χ0) is 15.1. The Labute approximate surface area is 123 Å². The van der Waals surface area contributed by atoms with Gasteiger partial charge in [-0.3, -0.25) is 0 Å². The van der Waals surface area contributed by atoms with Crippen LogP contribution in [0.4, 0.5) is 0 Å². The van der Waals surface area contributed by atoms with Gasteiger partial charge >= 0.3 is 5.97 Å². The van der Waals surface area contributed by atoms with Crippen molar-refractivity contribution in [2.24, 2.45) is 5.92 Å². The molecule has 7 heteroatoms. The van der Waals surface area contributed by atoms with E-state index in [9.17, 15) is 13.2 Å². The van der Waals surface area contributed by atoms with Gasteiger partial charge in [-0.2, -0.15) is 4.31 Å². The predicted octanol–water partition coefficient (Wildman–Crippen LogP) is 2.56. The van der Waals surface area contributed by atoms with Crippen LogP contribution in [0, 0.1) is 12.8 Å². The third kappa shape index (κ3) is 2.62. The largest absolute Gasteiger partial charge is 0.477 e. The van der Waals surface area contributed by atoms with Crippen molar-refractivity contribution < 1.29 is 18.3 Å². The van der Waals surface area contributed by atoms with E-state index in [2.05, 4.69) is 0 Å². The number of sulfonamides is 1. The Kier molecular flexibility index (Phi) is 4.22. The number of thiophene rings is 1. The van der Waals surface area contributed by atoms with E-state index >= 15 is 0 Å². The Balaban J connectivity index is 2.42. The molecule has 0 aliphatic carbocycles. The zero-order valence-electron chi connectivity index (χ0n) is 11.8. The number of carboxylic acid groups (broad SMARTS) is 1. The van der Waals surface area contributed by atoms with Gasteiger partial charge in [0, 0.05) is 17.5 Å². The van der Waals surface area contributed by atoms with Crippen LogP contribution >= 0.6 is 11.3 Å². The van der Waals surface area contributed by atoms with E-state index in [1.165, 1.54) is 6.07 Å². The third-order valence-corrected chi connectivity index (χ3v) is 6.91. The Hall–Kier alpha value is -0.920. The monoisotopic (exact) mass is 317 g/mol. The molecule has 2 heterocycles. The molecule has 0 radical (unpaired) electrons. The van der Waals surface area contributed by atoms with Gasteiger partial charge in [-0.05, 0) is 31.7 Å². The molecule has 20 heavy (non-hydrogen) atoms. The average Bonchev–Trinajstić information content (AvgIpc) is 2.94. The lowest BCUT2D eigenvalue weighted by atomic mass is 10.0. The number of hydrogen-bond donors (Lipinski definition) is 1. The Bertz CT molecular complexity index is 618. The summed E-state index contributed by atoms with van der Waals surface area (Å²) in [6.45, 7) is 6.20. The molecule has 2 rings (SSSR count). The lowest BCUT2D eigenvalue weighted by molar-refractivity contribution is 0.0702. The molecule has 1 aliphatic rings. The standard InChI is InChI=1S/C13H19NO4S2/c1-8(2)10-5-4-6-14(10)20(17,18)12-7-11(13(15)16)19-9(12)3/h7-8,10H,4-6H2,1-3H3,(H,15,16). The topological polar surface area (TPSA) is 74.7 Å². The first-order chi connectivity index (χ1) is 9.25. The number of rotatable bonds is 4. The molecule has 0 saturated carbocycles. The Morgan fingerprint density at radius 1 is 1.50 bits per heavy atom. The quantitative estimate of drug-likeness (QED) is 0.926. The molecule has 1 unspecified atom stereocenters. The molecule has 1 atom stereocenters. The molecule has 1 fully saturated rings. The summed E-state index contributed by atoms with van der Waals surface area (Å²) in [6, 6.07) is 1.29. The zero-order valence-corrected chi connectivity index (χ0v) is 13.4. The summed E-state index contributed by atoms with van der Waals surface area (Å²) < 4.78 is 27.0. The fraction of sp³-hybridized carbons (Fsp3) is 0.615. The van der Waals surface area contributed by atoms with Crippen molar-refractivity contribution in [3.05, 3.63) is 15.8 Å². The summed E-state index contributed by atoms with van der Waals surface area (Å²) in [6.07, 6.45) is 1.73. The number of carbonyl (C=O) groups is 1. The molecule has 1 aliphatic heterocycles. The lowest BCUT2D eigenvalue weighted by Gasteiger charge is -2.26. The van der Waals surface area contributed by atoms with Crippen LogP contribution in [0.25, 0.3) is 0 Å². The molecule has 5 nitrogen and oxygen atoms in total. The molecular weight excluding hydrogens is 298 g/mol. The molecular formula is C13H19NO4S2. The summed E-state index contributed by atoms with van der Waals surface area (Å²) >= 11 is 1.01. The number of aryl methyl sites for hydroxylation is 1. The smallest absolute Gasteiger partial charge is 0.345 e. The first-order valence-electron chi connectivity index (χ1n) is 6.60. The van der Waals surface area contributed by atoms with E-state index in [-0.39, 0.29) is 21.7 Å². The van der Waals surface area contributed by atoms with Crippen LogP contribution in [0.2, 0.25) is 0 Å². The minimum Gasteiger partial charge on any atom is -0.477 e. The maximum absolute atomic E-state index is 12.7. The molecule has 1 aromatic heterocycles. The van der Waals surface area contributed by atoms with Gasteiger partial charge in [-0.25, -0.2) is 13.2 Å². The highest BCUT2D eigenvalue weighted by atomic mass is 32.2. The lowest BCUT2D eigenvalue weighted by Crippen LogP contribution is -2.38. The highest BCUT2D eigenvalue weighted by Crippen LogP contribution is 2.34. The van der Waals surface area contributed by atoms with Crippen molar-refractivity contribution in [1.82, 2.24) is 4.31 Å². The van der Waals surface area contributed by atoms with Gasteiger partial charge in [-0.1, -0.05) is 13.8 Å². The number of aromatic carboxylic acids is 1.